The van der Waals surface area contributed by atoms with Gasteiger partial charge < -0.3 is 15.3 Å². The summed E-state index contributed by atoms with van der Waals surface area (Å²) in [5, 5.41) is 10.2. The Balaban J connectivity index is 0.000000701. The first-order valence-electron chi connectivity index (χ1n) is 8.17. The minimum Gasteiger partial charge on any atom is -0.483 e. The topological polar surface area (TPSA) is 117 Å². The second-order valence-corrected chi connectivity index (χ2v) is 8.50. The molecule has 2 fully saturated rings. The maximum absolute atomic E-state index is 12.5. The van der Waals surface area contributed by atoms with Crippen molar-refractivity contribution in [3.8, 4) is 0 Å². The summed E-state index contributed by atoms with van der Waals surface area (Å²) in [6, 6.07) is 1.90. The van der Waals surface area contributed by atoms with Gasteiger partial charge in [0.1, 0.15) is 0 Å². The first kappa shape index (κ1) is 19.3. The highest BCUT2D eigenvalue weighted by atomic mass is 32.2. The van der Waals surface area contributed by atoms with Gasteiger partial charge in [0, 0.05) is 25.5 Å². The van der Waals surface area contributed by atoms with E-state index >= 15 is 0 Å². The maximum Gasteiger partial charge on any atom is 0.290 e. The molecule has 1 aromatic rings. The Labute approximate surface area is 147 Å². The van der Waals surface area contributed by atoms with Crippen molar-refractivity contribution < 1.29 is 23.1 Å². The molecule has 2 saturated heterocycles. The molecule has 1 unspecified atom stereocenters. The molecule has 2 aliphatic rings. The molecule has 8 nitrogen and oxygen atoms in total. The molecular weight excluding hydrogens is 346 g/mol. The molecule has 9 heteroatoms. The zero-order valence-electron chi connectivity index (χ0n) is 13.9. The summed E-state index contributed by atoms with van der Waals surface area (Å²) in [6.45, 7) is 2.37. The minimum atomic E-state index is -2.97. The summed E-state index contributed by atoms with van der Waals surface area (Å²) in [5.41, 5.74) is 1.63. The van der Waals surface area contributed by atoms with Crippen LogP contribution in [0.3, 0.4) is 0 Å². The van der Waals surface area contributed by atoms with E-state index in [2.05, 4.69) is 10.3 Å². The van der Waals surface area contributed by atoms with Crippen LogP contribution in [0.2, 0.25) is 0 Å². The van der Waals surface area contributed by atoms with Gasteiger partial charge in [0.15, 0.2) is 9.84 Å². The number of amides is 1. The molecule has 0 radical (unpaired) electrons. The molecule has 0 aromatic carbocycles. The summed E-state index contributed by atoms with van der Waals surface area (Å²) >= 11 is 0. The monoisotopic (exact) mass is 369 g/mol. The summed E-state index contributed by atoms with van der Waals surface area (Å²) in [6.07, 6.45) is 5.47. The Morgan fingerprint density at radius 1 is 1.36 bits per heavy atom. The molecule has 0 saturated carbocycles. The third-order valence-electron chi connectivity index (χ3n) is 4.36. The number of hydrogen-bond donors (Lipinski definition) is 2. The molecule has 0 bridgehead atoms. The van der Waals surface area contributed by atoms with Crippen molar-refractivity contribution in [2.45, 2.75) is 12.8 Å². The van der Waals surface area contributed by atoms with Crippen LogP contribution in [0, 0.1) is 5.92 Å². The number of sulfone groups is 1. The van der Waals surface area contributed by atoms with Crippen LogP contribution in [0.15, 0.2) is 18.5 Å². The van der Waals surface area contributed by atoms with E-state index in [1.807, 2.05) is 12.3 Å². The lowest BCUT2D eigenvalue weighted by atomic mass is 9.99. The average molecular weight is 369 g/mol. The lowest BCUT2D eigenvalue weighted by Crippen LogP contribution is -2.43. The molecule has 25 heavy (non-hydrogen) atoms. The standard InChI is InChI=1S/C15H21N3O3S.CH2O2/c19-15(18-3-5-22(20,21)6-4-18)14-8-13(10-17-11-14)7-12-1-2-16-9-12;2-1-3/h8,10-12,16H,1-7,9H2;1H,(H,2,3). The molecule has 1 aromatic heterocycles. The van der Waals surface area contributed by atoms with Crippen molar-refractivity contribution in [3.05, 3.63) is 29.6 Å². The number of carbonyl (C=O) groups excluding carboxylic acids is 1. The van der Waals surface area contributed by atoms with Gasteiger partial charge >= 0.3 is 0 Å². The number of nitrogens with one attached hydrogen (secondary N) is 1. The van der Waals surface area contributed by atoms with Crippen LogP contribution in [0.5, 0.6) is 0 Å². The average Bonchev–Trinajstić information content (AvgIpc) is 3.08. The Morgan fingerprint density at radius 3 is 2.64 bits per heavy atom. The second-order valence-electron chi connectivity index (χ2n) is 6.19. The smallest absolute Gasteiger partial charge is 0.290 e. The molecule has 2 N–H and O–H groups in total. The van der Waals surface area contributed by atoms with Gasteiger partial charge in [-0.05, 0) is 43.5 Å². The molecule has 0 aliphatic carbocycles. The fourth-order valence-corrected chi connectivity index (χ4v) is 4.24. The number of pyridine rings is 1. The fourth-order valence-electron chi connectivity index (χ4n) is 3.04. The zero-order valence-corrected chi connectivity index (χ0v) is 14.7. The lowest BCUT2D eigenvalue weighted by Gasteiger charge is -2.26. The molecular formula is C16H23N3O5S. The predicted molar refractivity (Wildman–Crippen MR) is 92.2 cm³/mol. The van der Waals surface area contributed by atoms with Crippen molar-refractivity contribution in [1.82, 2.24) is 15.2 Å². The van der Waals surface area contributed by atoms with Gasteiger partial charge in [-0.2, -0.15) is 0 Å². The third kappa shape index (κ3) is 5.79. The van der Waals surface area contributed by atoms with E-state index in [4.69, 9.17) is 9.90 Å². The van der Waals surface area contributed by atoms with E-state index in [-0.39, 0.29) is 37.0 Å². The summed E-state index contributed by atoms with van der Waals surface area (Å²) in [7, 11) is -2.97. The van der Waals surface area contributed by atoms with Crippen LogP contribution >= 0.6 is 0 Å². The predicted octanol–water partition coefficient (Wildman–Crippen LogP) is -0.195. The quantitative estimate of drug-likeness (QED) is 0.709. The molecule has 2 aliphatic heterocycles. The molecule has 0 spiro atoms. The lowest BCUT2D eigenvalue weighted by molar-refractivity contribution is -0.122. The number of aromatic nitrogens is 1. The molecule has 3 rings (SSSR count). The van der Waals surface area contributed by atoms with Crippen molar-refractivity contribution in [2.75, 3.05) is 37.7 Å². The molecule has 1 atom stereocenters. The molecule has 138 valence electrons. The summed E-state index contributed by atoms with van der Waals surface area (Å²) < 4.78 is 22.9. The minimum absolute atomic E-state index is 0.0552. The van der Waals surface area contributed by atoms with E-state index in [9.17, 15) is 13.2 Å². The van der Waals surface area contributed by atoms with Gasteiger partial charge in [-0.15, -0.1) is 0 Å². The number of nitrogens with zero attached hydrogens (tertiary/aromatic N) is 2. The Hall–Kier alpha value is -2.00. The van der Waals surface area contributed by atoms with E-state index in [1.165, 1.54) is 0 Å². The number of rotatable bonds is 3. The van der Waals surface area contributed by atoms with E-state index in [1.54, 1.807) is 11.1 Å². The van der Waals surface area contributed by atoms with Crippen LogP contribution in [0.25, 0.3) is 0 Å². The largest absolute Gasteiger partial charge is 0.483 e. The normalized spacial score (nSPS) is 21.9. The van der Waals surface area contributed by atoms with Crippen LogP contribution in [0.1, 0.15) is 22.3 Å². The first-order chi connectivity index (χ1) is 11.9. The van der Waals surface area contributed by atoms with Crippen LogP contribution in [-0.2, 0) is 21.1 Å². The van der Waals surface area contributed by atoms with Crippen LogP contribution in [-0.4, -0.2) is 73.5 Å². The third-order valence-corrected chi connectivity index (χ3v) is 5.97. The Bertz CT molecular complexity index is 687. The second kappa shape index (κ2) is 8.91. The van der Waals surface area contributed by atoms with Gasteiger partial charge in [-0.3, -0.25) is 14.6 Å². The van der Waals surface area contributed by atoms with Gasteiger partial charge in [0.05, 0.1) is 17.1 Å². The number of carbonyl (C=O) groups is 2. The van der Waals surface area contributed by atoms with Gasteiger partial charge in [0.2, 0.25) is 0 Å². The van der Waals surface area contributed by atoms with Crippen molar-refractivity contribution in [1.29, 1.82) is 0 Å². The SMILES string of the molecule is O=C(c1cncc(CC2CCNC2)c1)N1CCS(=O)(=O)CC1.O=CO. The van der Waals surface area contributed by atoms with Gasteiger partial charge in [0.25, 0.3) is 12.4 Å². The van der Waals surface area contributed by atoms with E-state index < -0.39 is 9.84 Å². The van der Waals surface area contributed by atoms with E-state index in [0.717, 1.165) is 31.5 Å². The fraction of sp³-hybridized carbons (Fsp3) is 0.562. The van der Waals surface area contributed by atoms with Gasteiger partial charge in [-0.25, -0.2) is 8.42 Å². The van der Waals surface area contributed by atoms with Crippen molar-refractivity contribution in [3.63, 3.8) is 0 Å². The summed E-state index contributed by atoms with van der Waals surface area (Å²) in [4.78, 5) is 26.6. The van der Waals surface area contributed by atoms with E-state index in [0.29, 0.717) is 11.5 Å². The molecule has 3 heterocycles. The Kier molecular flexibility index (Phi) is 6.89. The van der Waals surface area contributed by atoms with Crippen molar-refractivity contribution in [2.24, 2.45) is 5.92 Å². The number of hydrogen-bond acceptors (Lipinski definition) is 6. The summed E-state index contributed by atoms with van der Waals surface area (Å²) in [5.74, 6) is 0.597. The first-order valence-corrected chi connectivity index (χ1v) is 9.99. The Morgan fingerprint density at radius 2 is 2.04 bits per heavy atom. The maximum atomic E-state index is 12.5. The zero-order chi connectivity index (χ0) is 18.3. The van der Waals surface area contributed by atoms with Crippen LogP contribution < -0.4 is 5.32 Å². The molecule has 1 amide bonds. The highest BCUT2D eigenvalue weighted by Gasteiger charge is 2.26. The van der Waals surface area contributed by atoms with Gasteiger partial charge in [-0.1, -0.05) is 0 Å². The van der Waals surface area contributed by atoms with Crippen LogP contribution in [0.4, 0.5) is 0 Å². The highest BCUT2D eigenvalue weighted by molar-refractivity contribution is 7.91. The number of carboxylic acid groups (broad SMARTS) is 1. The highest BCUT2D eigenvalue weighted by Crippen LogP contribution is 2.16. The van der Waals surface area contributed by atoms with Crippen molar-refractivity contribution >= 4 is 22.2 Å².